The van der Waals surface area contributed by atoms with Crippen molar-refractivity contribution in [3.05, 3.63) is 40.1 Å². The lowest BCUT2D eigenvalue weighted by Crippen LogP contribution is -2.31. The molecule has 21 heavy (non-hydrogen) atoms. The van der Waals surface area contributed by atoms with Crippen molar-refractivity contribution >= 4 is 34.3 Å². The second-order valence-corrected chi connectivity index (χ2v) is 6.57. The van der Waals surface area contributed by atoms with Gasteiger partial charge in [-0.05, 0) is 36.1 Å². The molecule has 0 spiro atoms. The number of hydrogen-bond donors (Lipinski definition) is 2. The number of benzene rings is 1. The van der Waals surface area contributed by atoms with Gasteiger partial charge in [0.15, 0.2) is 0 Å². The van der Waals surface area contributed by atoms with Crippen molar-refractivity contribution in [2.24, 2.45) is 0 Å². The minimum absolute atomic E-state index is 0.0378. The van der Waals surface area contributed by atoms with Crippen LogP contribution in [0, 0.1) is 0 Å². The van der Waals surface area contributed by atoms with Crippen LogP contribution in [0.1, 0.15) is 17.4 Å². The number of hydrogen-bond acceptors (Lipinski definition) is 4. The number of nitrogens with zero attached hydrogens (tertiary/aromatic N) is 1. The maximum absolute atomic E-state index is 11.5. The monoisotopic (exact) mass is 301 g/mol. The first-order valence-corrected chi connectivity index (χ1v) is 7.90. The van der Waals surface area contributed by atoms with Gasteiger partial charge in [0.05, 0.1) is 17.8 Å². The van der Waals surface area contributed by atoms with Gasteiger partial charge in [-0.1, -0.05) is 6.07 Å². The Labute approximate surface area is 128 Å². The van der Waals surface area contributed by atoms with Gasteiger partial charge in [0.1, 0.15) is 0 Å². The number of likely N-dealkylation sites (N-methyl/N-ethyl adjacent to an activating group) is 1. The smallest absolute Gasteiger partial charge is 0.228 e. The van der Waals surface area contributed by atoms with Crippen LogP contribution in [0.5, 0.6) is 0 Å². The molecule has 0 fully saturated rings. The highest BCUT2D eigenvalue weighted by Gasteiger charge is 2.22. The Kier molecular flexibility index (Phi) is 3.59. The molecule has 3 rings (SSSR count). The lowest BCUT2D eigenvalue weighted by molar-refractivity contribution is -0.115. The second kappa shape index (κ2) is 5.41. The van der Waals surface area contributed by atoms with Gasteiger partial charge >= 0.3 is 0 Å². The lowest BCUT2D eigenvalue weighted by Gasteiger charge is -2.28. The van der Waals surface area contributed by atoms with E-state index in [1.807, 2.05) is 19.2 Å². The fourth-order valence-electron chi connectivity index (χ4n) is 2.68. The molecule has 2 aromatic rings. The molecule has 0 saturated carbocycles. The second-order valence-electron chi connectivity index (χ2n) is 5.54. The van der Waals surface area contributed by atoms with Gasteiger partial charge in [0.2, 0.25) is 5.91 Å². The molecule has 1 atom stereocenters. The van der Waals surface area contributed by atoms with E-state index in [9.17, 15) is 4.79 Å². The van der Waals surface area contributed by atoms with E-state index in [2.05, 4.69) is 34.7 Å². The third kappa shape index (κ3) is 2.74. The first kappa shape index (κ1) is 13.9. The van der Waals surface area contributed by atoms with Crippen molar-refractivity contribution < 1.29 is 4.79 Å². The van der Waals surface area contributed by atoms with Gasteiger partial charge in [-0.15, -0.1) is 11.3 Å². The predicted octanol–water partition coefficient (Wildman–Crippen LogP) is 2.89. The Balaban J connectivity index is 1.83. The largest absolute Gasteiger partial charge is 0.397 e. The zero-order valence-corrected chi connectivity index (χ0v) is 13.0. The van der Waals surface area contributed by atoms with E-state index in [1.165, 1.54) is 4.88 Å². The highest BCUT2D eigenvalue weighted by atomic mass is 32.1. The van der Waals surface area contributed by atoms with Gasteiger partial charge in [-0.25, -0.2) is 0 Å². The van der Waals surface area contributed by atoms with Gasteiger partial charge in [0.25, 0.3) is 0 Å². The Morgan fingerprint density at radius 3 is 3.00 bits per heavy atom. The number of carbonyl (C=O) groups is 1. The van der Waals surface area contributed by atoms with Crippen LogP contribution in [0.25, 0.3) is 0 Å². The minimum Gasteiger partial charge on any atom is -0.397 e. The minimum atomic E-state index is 0.0378. The zero-order chi connectivity index (χ0) is 15.0. The van der Waals surface area contributed by atoms with Crippen LogP contribution >= 0.6 is 11.3 Å². The van der Waals surface area contributed by atoms with E-state index < -0.39 is 0 Å². The Hall–Kier alpha value is -2.01. The van der Waals surface area contributed by atoms with E-state index in [-0.39, 0.29) is 5.91 Å². The molecule has 1 aromatic carbocycles. The van der Waals surface area contributed by atoms with Crippen molar-refractivity contribution in [2.45, 2.75) is 25.8 Å². The molecule has 1 aliphatic heterocycles. The molecular weight excluding hydrogens is 282 g/mol. The third-order valence-electron chi connectivity index (χ3n) is 4.00. The number of nitrogens with two attached hydrogens (primary N) is 1. The average molecular weight is 301 g/mol. The summed E-state index contributed by atoms with van der Waals surface area (Å²) in [5.74, 6) is 0.0378. The van der Waals surface area contributed by atoms with E-state index in [0.29, 0.717) is 12.5 Å². The number of amides is 1. The first-order valence-electron chi connectivity index (χ1n) is 7.02. The van der Waals surface area contributed by atoms with Crippen molar-refractivity contribution in [1.82, 2.24) is 0 Å². The number of carbonyl (C=O) groups excluding carboxylic acids is 1. The van der Waals surface area contributed by atoms with Gasteiger partial charge < -0.3 is 16.0 Å². The summed E-state index contributed by atoms with van der Waals surface area (Å²) in [5.41, 5.74) is 9.75. The van der Waals surface area contributed by atoms with Gasteiger partial charge in [-0.3, -0.25) is 4.79 Å². The van der Waals surface area contributed by atoms with Crippen molar-refractivity contribution in [1.29, 1.82) is 0 Å². The van der Waals surface area contributed by atoms with Crippen LogP contribution in [0.4, 0.5) is 17.1 Å². The zero-order valence-electron chi connectivity index (χ0n) is 12.2. The summed E-state index contributed by atoms with van der Waals surface area (Å²) >= 11 is 1.77. The molecule has 110 valence electrons. The SMILES string of the molecule is CC(Cc1cccs1)N(C)c1cc2c(cc1N)CC(=O)N2. The number of anilines is 3. The average Bonchev–Trinajstić information content (AvgIpc) is 3.05. The predicted molar refractivity (Wildman–Crippen MR) is 89.1 cm³/mol. The quantitative estimate of drug-likeness (QED) is 0.854. The number of nitrogen functional groups attached to an aromatic ring is 1. The molecule has 0 aliphatic carbocycles. The molecule has 4 nitrogen and oxygen atoms in total. The van der Waals surface area contributed by atoms with Crippen molar-refractivity contribution in [2.75, 3.05) is 23.0 Å². The molecule has 1 aromatic heterocycles. The first-order chi connectivity index (χ1) is 10.0. The lowest BCUT2D eigenvalue weighted by atomic mass is 10.1. The van der Waals surface area contributed by atoms with E-state index in [4.69, 9.17) is 5.73 Å². The summed E-state index contributed by atoms with van der Waals surface area (Å²) in [4.78, 5) is 15.0. The Morgan fingerprint density at radius 2 is 2.29 bits per heavy atom. The summed E-state index contributed by atoms with van der Waals surface area (Å²) in [6.07, 6.45) is 1.41. The number of thiophene rings is 1. The Morgan fingerprint density at radius 1 is 1.48 bits per heavy atom. The topological polar surface area (TPSA) is 58.4 Å². The van der Waals surface area contributed by atoms with E-state index in [0.717, 1.165) is 29.0 Å². The summed E-state index contributed by atoms with van der Waals surface area (Å²) in [6.45, 7) is 2.19. The molecule has 5 heteroatoms. The van der Waals surface area contributed by atoms with Gasteiger partial charge in [-0.2, -0.15) is 0 Å². The van der Waals surface area contributed by atoms with E-state index >= 15 is 0 Å². The highest BCUT2D eigenvalue weighted by molar-refractivity contribution is 7.09. The van der Waals surface area contributed by atoms with Crippen molar-refractivity contribution in [3.8, 4) is 0 Å². The standard InChI is InChI=1S/C16H19N3OS/c1-10(6-12-4-3-5-21-12)19(2)15-9-14-11(7-13(15)17)8-16(20)18-14/h3-5,7,9-10H,6,8,17H2,1-2H3,(H,18,20). The third-order valence-corrected chi connectivity index (χ3v) is 4.89. The molecule has 1 unspecified atom stereocenters. The van der Waals surface area contributed by atoms with Crippen LogP contribution in [-0.2, 0) is 17.6 Å². The molecule has 1 aliphatic rings. The summed E-state index contributed by atoms with van der Waals surface area (Å²) in [6, 6.07) is 8.46. The number of fused-ring (bicyclic) bond motifs is 1. The van der Waals surface area contributed by atoms with Crippen LogP contribution in [-0.4, -0.2) is 19.0 Å². The fraction of sp³-hybridized carbons (Fsp3) is 0.312. The molecule has 0 saturated heterocycles. The maximum atomic E-state index is 11.5. The van der Waals surface area contributed by atoms with Crippen LogP contribution in [0.2, 0.25) is 0 Å². The van der Waals surface area contributed by atoms with Crippen LogP contribution < -0.4 is 16.0 Å². The maximum Gasteiger partial charge on any atom is 0.228 e. The molecule has 0 radical (unpaired) electrons. The van der Waals surface area contributed by atoms with Crippen LogP contribution in [0.15, 0.2) is 29.6 Å². The summed E-state index contributed by atoms with van der Waals surface area (Å²) in [5, 5.41) is 4.98. The van der Waals surface area contributed by atoms with Crippen molar-refractivity contribution in [3.63, 3.8) is 0 Å². The normalized spacial score (nSPS) is 14.7. The fourth-order valence-corrected chi connectivity index (χ4v) is 3.51. The summed E-state index contributed by atoms with van der Waals surface area (Å²) < 4.78 is 0. The number of nitrogens with one attached hydrogen (secondary N) is 1. The molecule has 3 N–H and O–H groups in total. The molecular formula is C16H19N3OS. The Bertz CT molecular complexity index is 666. The molecule has 0 bridgehead atoms. The van der Waals surface area contributed by atoms with Gasteiger partial charge in [0, 0.05) is 30.1 Å². The summed E-state index contributed by atoms with van der Waals surface area (Å²) in [7, 11) is 2.05. The molecule has 1 amide bonds. The van der Waals surface area contributed by atoms with Crippen LogP contribution in [0.3, 0.4) is 0 Å². The molecule has 2 heterocycles. The highest BCUT2D eigenvalue weighted by Crippen LogP contribution is 2.34. The number of rotatable bonds is 4. The van der Waals surface area contributed by atoms with E-state index in [1.54, 1.807) is 11.3 Å².